The normalized spacial score (nSPS) is 18.3. The molecule has 0 radical (unpaired) electrons. The van der Waals surface area contributed by atoms with Crippen molar-refractivity contribution in [3.63, 3.8) is 0 Å². The fourth-order valence-electron chi connectivity index (χ4n) is 5.70. The molecule has 3 aromatic carbocycles. The average molecular weight is 512 g/mol. The Labute approximate surface area is 225 Å². The smallest absolute Gasteiger partial charge is 0.257 e. The molecule has 3 aromatic rings. The molecule has 2 heterocycles. The first-order valence-electron chi connectivity index (χ1n) is 13.5. The van der Waals surface area contributed by atoms with Gasteiger partial charge in [0.25, 0.3) is 5.91 Å². The van der Waals surface area contributed by atoms with Gasteiger partial charge in [-0.2, -0.15) is 5.10 Å². The summed E-state index contributed by atoms with van der Waals surface area (Å²) in [5, 5.41) is 6.63. The number of aryl methyl sites for hydroxylation is 1. The number of hydrazone groups is 1. The molecule has 1 atom stereocenters. The molecule has 0 unspecified atom stereocenters. The van der Waals surface area contributed by atoms with Crippen molar-refractivity contribution in [2.75, 3.05) is 33.9 Å². The lowest BCUT2D eigenvalue weighted by atomic mass is 9.90. The topological polar surface area (TPSA) is 54.4 Å². The third kappa shape index (κ3) is 5.76. The van der Waals surface area contributed by atoms with E-state index in [2.05, 4.69) is 54.3 Å². The summed E-state index contributed by atoms with van der Waals surface area (Å²) in [6.07, 6.45) is 3.97. The van der Waals surface area contributed by atoms with Crippen molar-refractivity contribution in [2.45, 2.75) is 38.6 Å². The lowest BCUT2D eigenvalue weighted by Crippen LogP contribution is -2.42. The highest BCUT2D eigenvalue weighted by molar-refractivity contribution is 6.05. The van der Waals surface area contributed by atoms with Crippen molar-refractivity contribution in [1.82, 2.24) is 9.91 Å². The van der Waals surface area contributed by atoms with E-state index in [1.807, 2.05) is 30.3 Å². The van der Waals surface area contributed by atoms with Gasteiger partial charge in [0, 0.05) is 18.1 Å². The molecule has 1 saturated heterocycles. The molecule has 38 heavy (non-hydrogen) atoms. The van der Waals surface area contributed by atoms with Gasteiger partial charge in [-0.15, -0.1) is 0 Å². The minimum Gasteiger partial charge on any atom is -0.497 e. The van der Waals surface area contributed by atoms with Crippen LogP contribution in [0.25, 0.3) is 0 Å². The molecule has 5 rings (SSSR count). The molecule has 0 bridgehead atoms. The monoisotopic (exact) mass is 511 g/mol. The second-order valence-electron chi connectivity index (χ2n) is 10.3. The van der Waals surface area contributed by atoms with E-state index in [-0.39, 0.29) is 11.9 Å². The Kier molecular flexibility index (Phi) is 8.08. The third-order valence-corrected chi connectivity index (χ3v) is 7.87. The number of carbonyl (C=O) groups excluding carboxylic acids is 1. The highest BCUT2D eigenvalue weighted by Gasteiger charge is 2.35. The van der Waals surface area contributed by atoms with Crippen molar-refractivity contribution in [3.8, 4) is 11.5 Å². The number of hydrogen-bond donors (Lipinski definition) is 0. The summed E-state index contributed by atoms with van der Waals surface area (Å²) in [6.45, 7) is 4.36. The first-order chi connectivity index (χ1) is 18.6. The highest BCUT2D eigenvalue weighted by Crippen LogP contribution is 2.37. The van der Waals surface area contributed by atoms with E-state index in [1.54, 1.807) is 19.2 Å². The second kappa shape index (κ2) is 11.8. The molecule has 1 fully saturated rings. The average Bonchev–Trinajstić information content (AvgIpc) is 3.40. The molecule has 0 aromatic heterocycles. The molecule has 6 heteroatoms. The van der Waals surface area contributed by atoms with Gasteiger partial charge in [0.05, 0.1) is 32.5 Å². The number of rotatable bonds is 8. The van der Waals surface area contributed by atoms with Crippen molar-refractivity contribution in [3.05, 3.63) is 95.1 Å². The van der Waals surface area contributed by atoms with E-state index in [0.717, 1.165) is 60.5 Å². The summed E-state index contributed by atoms with van der Waals surface area (Å²) in [7, 11) is 3.29. The summed E-state index contributed by atoms with van der Waals surface area (Å²) < 4.78 is 11.0. The first-order valence-corrected chi connectivity index (χ1v) is 13.5. The van der Waals surface area contributed by atoms with Crippen molar-refractivity contribution >= 4 is 11.6 Å². The summed E-state index contributed by atoms with van der Waals surface area (Å²) in [5.41, 5.74) is 5.44. The zero-order valence-corrected chi connectivity index (χ0v) is 22.6. The van der Waals surface area contributed by atoms with Gasteiger partial charge in [0.2, 0.25) is 0 Å². The zero-order valence-electron chi connectivity index (χ0n) is 22.6. The van der Waals surface area contributed by atoms with Crippen LogP contribution in [-0.2, 0) is 11.2 Å². The number of likely N-dealkylation sites (tertiary alicyclic amines) is 1. The molecule has 0 N–H and O–H groups in total. The Morgan fingerprint density at radius 1 is 0.947 bits per heavy atom. The molecule has 198 valence electrons. The third-order valence-electron chi connectivity index (χ3n) is 7.87. The van der Waals surface area contributed by atoms with Crippen LogP contribution in [0.3, 0.4) is 0 Å². The van der Waals surface area contributed by atoms with Gasteiger partial charge >= 0.3 is 0 Å². The molecule has 2 aliphatic rings. The standard InChI is InChI=1S/C32H37N3O3/c1-23-9-7-8-12-27(23)30-21-29(28-14-13-26(37-2)20-31(28)38-3)33-35(30)32(36)22-34-17-15-25(16-18-34)19-24-10-5-4-6-11-24/h4-14,20,25,30H,15-19,21-22H2,1-3H3/t30-/m0/s1. The molecular weight excluding hydrogens is 474 g/mol. The maximum absolute atomic E-state index is 13.7. The Morgan fingerprint density at radius 3 is 2.39 bits per heavy atom. The van der Waals surface area contributed by atoms with Gasteiger partial charge in [0.15, 0.2) is 0 Å². The van der Waals surface area contributed by atoms with E-state index in [9.17, 15) is 4.79 Å². The maximum Gasteiger partial charge on any atom is 0.257 e. The van der Waals surface area contributed by atoms with E-state index < -0.39 is 0 Å². The molecule has 0 spiro atoms. The number of hydrogen-bond acceptors (Lipinski definition) is 5. The number of benzene rings is 3. The number of amides is 1. The number of piperidine rings is 1. The van der Waals surface area contributed by atoms with E-state index in [4.69, 9.17) is 14.6 Å². The summed E-state index contributed by atoms with van der Waals surface area (Å²) in [6, 6.07) is 24.6. The van der Waals surface area contributed by atoms with Gasteiger partial charge < -0.3 is 9.47 Å². The Bertz CT molecular complexity index is 1280. The Hall–Kier alpha value is -3.64. The van der Waals surface area contributed by atoms with Gasteiger partial charge in [-0.25, -0.2) is 5.01 Å². The van der Waals surface area contributed by atoms with Crippen molar-refractivity contribution < 1.29 is 14.3 Å². The quantitative estimate of drug-likeness (QED) is 0.393. The summed E-state index contributed by atoms with van der Waals surface area (Å²) >= 11 is 0. The molecule has 0 aliphatic carbocycles. The van der Waals surface area contributed by atoms with Crippen LogP contribution >= 0.6 is 0 Å². The van der Waals surface area contributed by atoms with Gasteiger partial charge in [-0.1, -0.05) is 54.6 Å². The van der Waals surface area contributed by atoms with E-state index in [1.165, 1.54) is 5.56 Å². The summed E-state index contributed by atoms with van der Waals surface area (Å²) in [4.78, 5) is 16.0. The molecule has 1 amide bonds. The minimum atomic E-state index is -0.138. The number of methoxy groups -OCH3 is 2. The summed E-state index contributed by atoms with van der Waals surface area (Å²) in [5.74, 6) is 2.13. The van der Waals surface area contributed by atoms with E-state index in [0.29, 0.717) is 24.6 Å². The SMILES string of the molecule is COc1ccc(C2=NN(C(=O)CN3CCC(Cc4ccccc4)CC3)[C@H](c3ccccc3C)C2)c(OC)c1. The van der Waals surface area contributed by atoms with Crippen LogP contribution in [-0.4, -0.2) is 55.4 Å². The first kappa shape index (κ1) is 26.0. The molecule has 6 nitrogen and oxygen atoms in total. The molecule has 0 saturated carbocycles. The maximum atomic E-state index is 13.7. The van der Waals surface area contributed by atoms with Crippen LogP contribution in [0.4, 0.5) is 0 Å². The van der Waals surface area contributed by atoms with Crippen LogP contribution in [0, 0.1) is 12.8 Å². The van der Waals surface area contributed by atoms with Gasteiger partial charge in [-0.05, 0) is 74.0 Å². The fraction of sp³-hybridized carbons (Fsp3) is 0.375. The van der Waals surface area contributed by atoms with Crippen LogP contribution in [0.15, 0.2) is 77.9 Å². The Balaban J connectivity index is 1.32. The Morgan fingerprint density at radius 2 is 1.68 bits per heavy atom. The van der Waals surface area contributed by atoms with Crippen LogP contribution in [0.5, 0.6) is 11.5 Å². The number of carbonyl (C=O) groups is 1. The van der Waals surface area contributed by atoms with Crippen LogP contribution in [0.2, 0.25) is 0 Å². The molecule has 2 aliphatic heterocycles. The van der Waals surface area contributed by atoms with Crippen molar-refractivity contribution in [2.24, 2.45) is 11.0 Å². The predicted octanol–water partition coefficient (Wildman–Crippen LogP) is 5.64. The molecular formula is C32H37N3O3. The lowest BCUT2D eigenvalue weighted by molar-refractivity contribution is -0.134. The van der Waals surface area contributed by atoms with Gasteiger partial charge in [-0.3, -0.25) is 9.69 Å². The number of nitrogens with zero attached hydrogens (tertiary/aromatic N) is 3. The number of ether oxygens (including phenoxy) is 2. The predicted molar refractivity (Wildman–Crippen MR) is 151 cm³/mol. The largest absolute Gasteiger partial charge is 0.497 e. The van der Waals surface area contributed by atoms with Crippen LogP contribution < -0.4 is 9.47 Å². The van der Waals surface area contributed by atoms with Gasteiger partial charge in [0.1, 0.15) is 11.5 Å². The fourth-order valence-corrected chi connectivity index (χ4v) is 5.70. The lowest BCUT2D eigenvalue weighted by Gasteiger charge is -2.33. The van der Waals surface area contributed by atoms with Crippen LogP contribution in [0.1, 0.15) is 47.6 Å². The second-order valence-corrected chi connectivity index (χ2v) is 10.3. The zero-order chi connectivity index (χ0) is 26.5. The minimum absolute atomic E-state index is 0.0437. The van der Waals surface area contributed by atoms with Crippen molar-refractivity contribution in [1.29, 1.82) is 0 Å². The highest BCUT2D eigenvalue weighted by atomic mass is 16.5. The van der Waals surface area contributed by atoms with E-state index >= 15 is 0 Å².